The van der Waals surface area contributed by atoms with Crippen molar-refractivity contribution in [1.29, 1.82) is 0 Å². The molecule has 0 aromatic carbocycles. The van der Waals surface area contributed by atoms with Gasteiger partial charge in [-0.25, -0.2) is 0 Å². The van der Waals surface area contributed by atoms with Crippen LogP contribution in [0.25, 0.3) is 0 Å². The smallest absolute Gasteiger partial charge is 0.323 e. The molecule has 0 aliphatic rings. The van der Waals surface area contributed by atoms with E-state index in [0.717, 1.165) is 11.0 Å². The zero-order valence-electron chi connectivity index (χ0n) is 10.6. The quantitative estimate of drug-likeness (QED) is 0.716. The minimum atomic E-state index is -1.13. The summed E-state index contributed by atoms with van der Waals surface area (Å²) in [7, 11) is 0. The second-order valence-electron chi connectivity index (χ2n) is 3.84. The molecule has 0 radical (unpaired) electrons. The van der Waals surface area contributed by atoms with Gasteiger partial charge in [-0.2, -0.15) is 0 Å². The fourth-order valence-electron chi connectivity index (χ4n) is 1.35. The van der Waals surface area contributed by atoms with Gasteiger partial charge in [-0.1, -0.05) is 6.92 Å². The van der Waals surface area contributed by atoms with Crippen LogP contribution in [0.3, 0.4) is 0 Å². The van der Waals surface area contributed by atoms with Gasteiger partial charge in [0.15, 0.2) is 12.4 Å². The maximum absolute atomic E-state index is 11.8. The molecule has 0 saturated heterocycles. The number of amides is 1. The van der Waals surface area contributed by atoms with E-state index in [4.69, 9.17) is 9.84 Å². The Bertz CT molecular complexity index is 509. The van der Waals surface area contributed by atoms with Crippen molar-refractivity contribution in [1.82, 2.24) is 9.88 Å². The van der Waals surface area contributed by atoms with E-state index in [9.17, 15) is 14.4 Å². The highest BCUT2D eigenvalue weighted by molar-refractivity contribution is 5.77. The number of rotatable bonds is 7. The second kappa shape index (κ2) is 7.20. The average molecular weight is 268 g/mol. The van der Waals surface area contributed by atoms with Crippen LogP contribution in [-0.2, 0) is 16.1 Å². The van der Waals surface area contributed by atoms with Crippen LogP contribution in [0, 0.1) is 0 Å². The zero-order chi connectivity index (χ0) is 14.3. The van der Waals surface area contributed by atoms with Crippen molar-refractivity contribution in [2.45, 2.75) is 19.9 Å². The van der Waals surface area contributed by atoms with Crippen molar-refractivity contribution >= 4 is 11.9 Å². The van der Waals surface area contributed by atoms with Gasteiger partial charge in [0, 0.05) is 12.7 Å². The first kappa shape index (κ1) is 14.7. The van der Waals surface area contributed by atoms with Crippen molar-refractivity contribution in [2.24, 2.45) is 0 Å². The highest BCUT2D eigenvalue weighted by Crippen LogP contribution is 2.01. The molecular weight excluding hydrogens is 252 g/mol. The Morgan fingerprint density at radius 3 is 2.84 bits per heavy atom. The maximum atomic E-state index is 11.8. The molecule has 1 heterocycles. The molecule has 104 valence electrons. The summed E-state index contributed by atoms with van der Waals surface area (Å²) in [5.41, 5.74) is -0.576. The minimum absolute atomic E-state index is 0.0459. The fraction of sp³-hybridized carbons (Fsp3) is 0.417. The third kappa shape index (κ3) is 4.82. The summed E-state index contributed by atoms with van der Waals surface area (Å²) in [6.45, 7) is 1.74. The van der Waals surface area contributed by atoms with Crippen molar-refractivity contribution < 1.29 is 19.4 Å². The van der Waals surface area contributed by atoms with Gasteiger partial charge in [0.2, 0.25) is 0 Å². The van der Waals surface area contributed by atoms with Crippen molar-refractivity contribution in [3.63, 3.8) is 0 Å². The second-order valence-corrected chi connectivity index (χ2v) is 3.84. The number of carboxylic acid groups (broad SMARTS) is 1. The van der Waals surface area contributed by atoms with Crippen LogP contribution in [-0.4, -0.2) is 34.7 Å². The predicted molar refractivity (Wildman–Crippen MR) is 67.1 cm³/mol. The van der Waals surface area contributed by atoms with Gasteiger partial charge in [-0.15, -0.1) is 0 Å². The molecule has 0 aliphatic carbocycles. The molecule has 2 N–H and O–H groups in total. The van der Waals surface area contributed by atoms with Crippen molar-refractivity contribution in [2.75, 3.05) is 13.2 Å². The highest BCUT2D eigenvalue weighted by atomic mass is 16.5. The number of carbonyl (C=O) groups is 2. The average Bonchev–Trinajstić information content (AvgIpc) is 2.37. The summed E-state index contributed by atoms with van der Waals surface area (Å²) in [4.78, 5) is 33.6. The van der Waals surface area contributed by atoms with Crippen LogP contribution in [0.4, 0.5) is 0 Å². The lowest BCUT2D eigenvalue weighted by atomic mass is 10.4. The van der Waals surface area contributed by atoms with Gasteiger partial charge in [0.05, 0.1) is 0 Å². The summed E-state index contributed by atoms with van der Waals surface area (Å²) >= 11 is 0. The molecule has 0 saturated carbocycles. The Morgan fingerprint density at radius 1 is 1.47 bits per heavy atom. The summed E-state index contributed by atoms with van der Waals surface area (Å²) < 4.78 is 6.08. The number of hydrogen-bond acceptors (Lipinski definition) is 4. The van der Waals surface area contributed by atoms with Crippen molar-refractivity contribution in [3.05, 3.63) is 28.7 Å². The molecule has 0 fully saturated rings. The molecular formula is C12H16N2O5. The van der Waals surface area contributed by atoms with Crippen LogP contribution < -0.4 is 15.6 Å². The van der Waals surface area contributed by atoms with E-state index in [1.54, 1.807) is 0 Å². The Hall–Kier alpha value is -2.31. The number of aliphatic carboxylic acids is 1. The minimum Gasteiger partial charge on any atom is -0.480 e. The van der Waals surface area contributed by atoms with Crippen LogP contribution >= 0.6 is 0 Å². The van der Waals surface area contributed by atoms with Crippen LogP contribution in [0.2, 0.25) is 0 Å². The third-order valence-electron chi connectivity index (χ3n) is 2.22. The molecule has 0 spiro atoms. The Morgan fingerprint density at radius 2 is 2.21 bits per heavy atom. The molecule has 19 heavy (non-hydrogen) atoms. The molecule has 1 rings (SSSR count). The molecule has 1 aromatic rings. The maximum Gasteiger partial charge on any atom is 0.323 e. The van der Waals surface area contributed by atoms with Crippen LogP contribution in [0.15, 0.2) is 23.1 Å². The normalized spacial score (nSPS) is 9.95. The summed E-state index contributed by atoms with van der Waals surface area (Å²) in [6.07, 6.45) is 2.16. The van der Waals surface area contributed by atoms with E-state index in [2.05, 4.69) is 5.32 Å². The van der Waals surface area contributed by atoms with Gasteiger partial charge >= 0.3 is 5.97 Å². The number of aromatic nitrogens is 1. The van der Waals surface area contributed by atoms with Gasteiger partial charge in [0.25, 0.3) is 11.5 Å². The summed E-state index contributed by atoms with van der Waals surface area (Å²) in [5, 5.41) is 11.2. The largest absolute Gasteiger partial charge is 0.480 e. The van der Waals surface area contributed by atoms with E-state index < -0.39 is 18.1 Å². The van der Waals surface area contributed by atoms with Crippen LogP contribution in [0.1, 0.15) is 13.3 Å². The number of ether oxygens (including phenoxy) is 1. The van der Waals surface area contributed by atoms with Crippen LogP contribution in [0.5, 0.6) is 5.75 Å². The van der Waals surface area contributed by atoms with E-state index in [-0.39, 0.29) is 18.3 Å². The summed E-state index contributed by atoms with van der Waals surface area (Å²) in [5.74, 6) is -1.50. The number of nitrogens with one attached hydrogen (secondary N) is 1. The molecule has 7 nitrogen and oxygen atoms in total. The first-order chi connectivity index (χ1) is 9.04. The van der Waals surface area contributed by atoms with Gasteiger partial charge in [-0.3, -0.25) is 14.4 Å². The standard InChI is InChI=1S/C12H16N2O5/c1-2-5-13-10(15)8-19-9-4-3-6-14(12(9)18)7-11(16)17/h3-4,6H,2,5,7-8H2,1H3,(H,13,15)(H,16,17). The molecule has 0 bridgehead atoms. The van der Waals surface area contributed by atoms with Gasteiger partial charge < -0.3 is 19.7 Å². The topological polar surface area (TPSA) is 97.6 Å². The Balaban J connectivity index is 2.66. The molecule has 7 heteroatoms. The van der Waals surface area contributed by atoms with E-state index in [1.165, 1.54) is 18.3 Å². The van der Waals surface area contributed by atoms with Gasteiger partial charge in [0.1, 0.15) is 6.54 Å². The van der Waals surface area contributed by atoms with Crippen molar-refractivity contribution in [3.8, 4) is 5.75 Å². The van der Waals surface area contributed by atoms with E-state index in [1.807, 2.05) is 6.92 Å². The molecule has 1 aromatic heterocycles. The first-order valence-electron chi connectivity index (χ1n) is 5.85. The number of nitrogens with zero attached hydrogens (tertiary/aromatic N) is 1. The molecule has 0 atom stereocenters. The Kier molecular flexibility index (Phi) is 5.59. The monoisotopic (exact) mass is 268 g/mol. The Labute approximate surface area is 109 Å². The fourth-order valence-corrected chi connectivity index (χ4v) is 1.35. The number of carboxylic acids is 1. The van der Waals surface area contributed by atoms with E-state index >= 15 is 0 Å². The SMILES string of the molecule is CCCNC(=O)COc1cccn(CC(=O)O)c1=O. The lowest BCUT2D eigenvalue weighted by Gasteiger charge is -2.08. The predicted octanol–water partition coefficient (Wildman–Crippen LogP) is -0.162. The van der Waals surface area contributed by atoms with Gasteiger partial charge in [-0.05, 0) is 18.6 Å². The van der Waals surface area contributed by atoms with E-state index in [0.29, 0.717) is 6.54 Å². The third-order valence-corrected chi connectivity index (χ3v) is 2.22. The molecule has 1 amide bonds. The molecule has 0 aliphatic heterocycles. The highest BCUT2D eigenvalue weighted by Gasteiger charge is 2.08. The lowest BCUT2D eigenvalue weighted by molar-refractivity contribution is -0.137. The zero-order valence-corrected chi connectivity index (χ0v) is 10.6. The summed E-state index contributed by atoms with van der Waals surface area (Å²) in [6, 6.07) is 2.89. The molecule has 0 unspecified atom stereocenters. The lowest BCUT2D eigenvalue weighted by Crippen LogP contribution is -2.31. The number of pyridine rings is 1. The number of hydrogen-bond donors (Lipinski definition) is 2. The number of carbonyl (C=O) groups excluding carboxylic acids is 1. The first-order valence-corrected chi connectivity index (χ1v) is 5.85.